The van der Waals surface area contributed by atoms with E-state index in [-0.39, 0.29) is 6.61 Å². The van der Waals surface area contributed by atoms with Crippen molar-refractivity contribution >= 4 is 0 Å². The third kappa shape index (κ3) is 3.87. The lowest BCUT2D eigenvalue weighted by molar-refractivity contribution is 0.0738. The van der Waals surface area contributed by atoms with Crippen LogP contribution in [-0.2, 0) is 6.54 Å². The van der Waals surface area contributed by atoms with Crippen molar-refractivity contribution < 1.29 is 14.6 Å². The molecule has 0 bridgehead atoms. The predicted octanol–water partition coefficient (Wildman–Crippen LogP) is 1.20. The molecule has 0 aromatic heterocycles. The second-order valence-corrected chi connectivity index (χ2v) is 5.53. The first kappa shape index (κ1) is 16.1. The molecule has 0 spiro atoms. The van der Waals surface area contributed by atoms with Gasteiger partial charge in [-0.15, -0.1) is 0 Å². The molecule has 21 heavy (non-hydrogen) atoms. The molecule has 1 aromatic carbocycles. The fraction of sp³-hybridized carbons (Fsp3) is 0.625. The van der Waals surface area contributed by atoms with E-state index in [1.807, 2.05) is 12.1 Å². The van der Waals surface area contributed by atoms with Crippen molar-refractivity contribution in [3.05, 3.63) is 23.8 Å². The fourth-order valence-electron chi connectivity index (χ4n) is 2.93. The van der Waals surface area contributed by atoms with Crippen molar-refractivity contribution in [3.63, 3.8) is 0 Å². The summed E-state index contributed by atoms with van der Waals surface area (Å²) in [6, 6.07) is 6.42. The number of ether oxygens (including phenoxy) is 2. The second-order valence-electron chi connectivity index (χ2n) is 5.53. The average molecular weight is 294 g/mol. The number of nitrogens with zero attached hydrogens (tertiary/aromatic N) is 2. The van der Waals surface area contributed by atoms with Crippen LogP contribution in [0.4, 0.5) is 0 Å². The summed E-state index contributed by atoms with van der Waals surface area (Å²) in [6.45, 7) is 4.11. The van der Waals surface area contributed by atoms with Gasteiger partial charge in [0.2, 0.25) is 0 Å². The highest BCUT2D eigenvalue weighted by Crippen LogP contribution is 2.31. The van der Waals surface area contributed by atoms with E-state index in [0.29, 0.717) is 6.04 Å². The number of para-hydroxylation sites is 1. The molecule has 1 atom stereocenters. The number of benzene rings is 1. The zero-order valence-corrected chi connectivity index (χ0v) is 13.2. The standard InChI is InChI=1S/C16H26N2O3/c1-17-8-9-18(12-14(17)7-10-19)11-13-5-4-6-15(20-2)16(13)21-3/h4-6,14,19H,7-12H2,1-3H3. The summed E-state index contributed by atoms with van der Waals surface area (Å²) in [5.74, 6) is 1.59. The molecule has 1 heterocycles. The Hall–Kier alpha value is -1.30. The van der Waals surface area contributed by atoms with Gasteiger partial charge in [-0.2, -0.15) is 0 Å². The average Bonchev–Trinajstić information content (AvgIpc) is 2.50. The van der Waals surface area contributed by atoms with Gasteiger partial charge in [-0.3, -0.25) is 4.90 Å². The molecule has 1 unspecified atom stereocenters. The molecule has 0 saturated carbocycles. The van der Waals surface area contributed by atoms with Crippen LogP contribution in [0, 0.1) is 0 Å². The monoisotopic (exact) mass is 294 g/mol. The number of likely N-dealkylation sites (N-methyl/N-ethyl adjacent to an activating group) is 1. The number of piperazine rings is 1. The zero-order chi connectivity index (χ0) is 15.2. The van der Waals surface area contributed by atoms with Crippen molar-refractivity contribution in [2.45, 2.75) is 19.0 Å². The SMILES string of the molecule is COc1cccc(CN2CCN(C)C(CCO)C2)c1OC. The summed E-state index contributed by atoms with van der Waals surface area (Å²) in [5.41, 5.74) is 1.14. The van der Waals surface area contributed by atoms with Crippen LogP contribution in [-0.4, -0.2) is 68.5 Å². The molecule has 1 fully saturated rings. The van der Waals surface area contributed by atoms with Gasteiger partial charge in [0.25, 0.3) is 0 Å². The van der Waals surface area contributed by atoms with Crippen LogP contribution in [0.25, 0.3) is 0 Å². The molecular weight excluding hydrogens is 268 g/mol. The Labute approximate surface area is 127 Å². The van der Waals surface area contributed by atoms with Gasteiger partial charge in [0.15, 0.2) is 11.5 Å². The van der Waals surface area contributed by atoms with Crippen molar-refractivity contribution in [1.82, 2.24) is 9.80 Å². The number of hydrogen-bond acceptors (Lipinski definition) is 5. The van der Waals surface area contributed by atoms with Gasteiger partial charge in [-0.05, 0) is 19.5 Å². The molecule has 1 aliphatic rings. The second kappa shape index (κ2) is 7.64. The molecule has 1 aliphatic heterocycles. The zero-order valence-electron chi connectivity index (χ0n) is 13.2. The van der Waals surface area contributed by atoms with Crippen molar-refractivity contribution in [2.75, 3.05) is 47.5 Å². The number of methoxy groups -OCH3 is 2. The fourth-order valence-corrected chi connectivity index (χ4v) is 2.93. The lowest BCUT2D eigenvalue weighted by Gasteiger charge is -2.39. The number of aliphatic hydroxyl groups excluding tert-OH is 1. The molecule has 0 aliphatic carbocycles. The smallest absolute Gasteiger partial charge is 0.165 e. The van der Waals surface area contributed by atoms with E-state index in [1.54, 1.807) is 14.2 Å². The van der Waals surface area contributed by atoms with Gasteiger partial charge in [-0.25, -0.2) is 0 Å². The molecule has 0 radical (unpaired) electrons. The molecule has 1 N–H and O–H groups in total. The minimum absolute atomic E-state index is 0.241. The molecular formula is C16H26N2O3. The third-order valence-electron chi connectivity index (χ3n) is 4.20. The first-order valence-corrected chi connectivity index (χ1v) is 7.43. The van der Waals surface area contributed by atoms with Crippen LogP contribution in [0.15, 0.2) is 18.2 Å². The largest absolute Gasteiger partial charge is 0.493 e. The van der Waals surface area contributed by atoms with E-state index in [4.69, 9.17) is 9.47 Å². The predicted molar refractivity (Wildman–Crippen MR) is 82.9 cm³/mol. The van der Waals surface area contributed by atoms with Gasteiger partial charge >= 0.3 is 0 Å². The lowest BCUT2D eigenvalue weighted by atomic mass is 10.1. The van der Waals surface area contributed by atoms with Gasteiger partial charge in [0, 0.05) is 44.4 Å². The van der Waals surface area contributed by atoms with E-state index in [0.717, 1.165) is 49.7 Å². The van der Waals surface area contributed by atoms with E-state index >= 15 is 0 Å². The van der Waals surface area contributed by atoms with Crippen LogP contribution < -0.4 is 9.47 Å². The quantitative estimate of drug-likeness (QED) is 0.854. The van der Waals surface area contributed by atoms with Gasteiger partial charge in [0.05, 0.1) is 14.2 Å². The first-order chi connectivity index (χ1) is 10.2. The summed E-state index contributed by atoms with van der Waals surface area (Å²) < 4.78 is 10.9. The maximum atomic E-state index is 9.18. The van der Waals surface area contributed by atoms with Crippen molar-refractivity contribution in [2.24, 2.45) is 0 Å². The van der Waals surface area contributed by atoms with Gasteiger partial charge in [-0.1, -0.05) is 12.1 Å². The summed E-state index contributed by atoms with van der Waals surface area (Å²) in [5, 5.41) is 9.18. The molecule has 0 amide bonds. The Bertz CT molecular complexity index is 453. The molecule has 2 rings (SSSR count). The topological polar surface area (TPSA) is 45.2 Å². The molecule has 5 nitrogen and oxygen atoms in total. The highest BCUT2D eigenvalue weighted by molar-refractivity contribution is 5.46. The minimum Gasteiger partial charge on any atom is -0.493 e. The molecule has 118 valence electrons. The number of hydrogen-bond donors (Lipinski definition) is 1. The molecule has 1 aromatic rings. The Morgan fingerprint density at radius 1 is 1.24 bits per heavy atom. The van der Waals surface area contributed by atoms with E-state index in [2.05, 4.69) is 22.9 Å². The summed E-state index contributed by atoms with van der Waals surface area (Å²) in [6.07, 6.45) is 0.822. The van der Waals surface area contributed by atoms with Crippen LogP contribution >= 0.6 is 0 Å². The van der Waals surface area contributed by atoms with Crippen molar-refractivity contribution in [1.29, 1.82) is 0 Å². The maximum Gasteiger partial charge on any atom is 0.165 e. The Morgan fingerprint density at radius 3 is 2.71 bits per heavy atom. The summed E-state index contributed by atoms with van der Waals surface area (Å²) >= 11 is 0. The van der Waals surface area contributed by atoms with Crippen LogP contribution in [0.2, 0.25) is 0 Å². The highest BCUT2D eigenvalue weighted by Gasteiger charge is 2.24. The van der Waals surface area contributed by atoms with Gasteiger partial charge in [0.1, 0.15) is 0 Å². The molecule has 1 saturated heterocycles. The van der Waals surface area contributed by atoms with Crippen LogP contribution in [0.1, 0.15) is 12.0 Å². The van der Waals surface area contributed by atoms with E-state index in [1.165, 1.54) is 0 Å². The number of rotatable bonds is 6. The highest BCUT2D eigenvalue weighted by atomic mass is 16.5. The third-order valence-corrected chi connectivity index (χ3v) is 4.20. The van der Waals surface area contributed by atoms with Crippen LogP contribution in [0.3, 0.4) is 0 Å². The summed E-state index contributed by atoms with van der Waals surface area (Å²) in [7, 11) is 5.47. The first-order valence-electron chi connectivity index (χ1n) is 7.43. The van der Waals surface area contributed by atoms with Crippen LogP contribution in [0.5, 0.6) is 11.5 Å². The minimum atomic E-state index is 0.241. The summed E-state index contributed by atoms with van der Waals surface area (Å²) in [4.78, 5) is 4.74. The lowest BCUT2D eigenvalue weighted by Crippen LogP contribution is -2.51. The Balaban J connectivity index is 2.08. The van der Waals surface area contributed by atoms with E-state index < -0.39 is 0 Å². The molecule has 5 heteroatoms. The Kier molecular flexibility index (Phi) is 5.85. The number of aliphatic hydroxyl groups is 1. The normalized spacial score (nSPS) is 20.5. The van der Waals surface area contributed by atoms with E-state index in [9.17, 15) is 5.11 Å². The maximum absolute atomic E-state index is 9.18. The Morgan fingerprint density at radius 2 is 2.05 bits per heavy atom. The van der Waals surface area contributed by atoms with Gasteiger partial charge < -0.3 is 19.5 Å². The van der Waals surface area contributed by atoms with Crippen molar-refractivity contribution in [3.8, 4) is 11.5 Å².